The van der Waals surface area contributed by atoms with E-state index in [1.54, 1.807) is 38.6 Å². The van der Waals surface area contributed by atoms with E-state index < -0.39 is 19.5 Å². The lowest BCUT2D eigenvalue weighted by Crippen LogP contribution is -2.45. The van der Waals surface area contributed by atoms with Gasteiger partial charge in [-0.3, -0.25) is 9.88 Å². The van der Waals surface area contributed by atoms with Crippen LogP contribution in [0.3, 0.4) is 0 Å². The van der Waals surface area contributed by atoms with Crippen LogP contribution in [0.25, 0.3) is 11.2 Å². The minimum Gasteiger partial charge on any atom is -0.462 e. The van der Waals surface area contributed by atoms with E-state index in [0.717, 1.165) is 0 Å². The molecule has 150 valence electrons. The number of rotatable bonds is 9. The number of nitrogens with zero attached hydrogens (tertiary/aromatic N) is 4. The maximum Gasteiger partial charge on any atom is 0.326 e. The van der Waals surface area contributed by atoms with E-state index in [1.165, 1.54) is 6.33 Å². The van der Waals surface area contributed by atoms with Gasteiger partial charge in [0.25, 0.3) is 0 Å². The summed E-state index contributed by atoms with van der Waals surface area (Å²) in [5.74, 6) is -0.136. The first-order chi connectivity index (χ1) is 12.6. The molecule has 27 heavy (non-hydrogen) atoms. The molecule has 0 aromatic carbocycles. The molecule has 2 aromatic heterocycles. The van der Waals surface area contributed by atoms with Crippen molar-refractivity contribution >= 4 is 30.9 Å². The summed E-state index contributed by atoms with van der Waals surface area (Å²) in [6, 6.07) is 0. The van der Waals surface area contributed by atoms with Crippen molar-refractivity contribution in [3.05, 3.63) is 12.7 Å². The molecule has 11 heteroatoms. The Bertz CT molecular complexity index is 822. The van der Waals surface area contributed by atoms with Crippen molar-refractivity contribution in [2.24, 2.45) is 0 Å². The minimum atomic E-state index is -2.34. The number of hydrogen-bond donors (Lipinski definition) is 2. The normalized spacial score (nSPS) is 14.4. The van der Waals surface area contributed by atoms with Gasteiger partial charge in [0, 0.05) is 0 Å². The summed E-state index contributed by atoms with van der Waals surface area (Å²) in [7, 11) is -2.34. The van der Waals surface area contributed by atoms with Crippen molar-refractivity contribution < 1.29 is 18.8 Å². The van der Waals surface area contributed by atoms with Crippen molar-refractivity contribution in [1.82, 2.24) is 24.6 Å². The summed E-state index contributed by atoms with van der Waals surface area (Å²) < 4.78 is 24.9. The monoisotopic (exact) mass is 398 g/mol. The Labute approximate surface area is 158 Å². The number of hydrogen-bond acceptors (Lipinski definition) is 8. The molecule has 0 fully saturated rings. The highest BCUT2D eigenvalue weighted by molar-refractivity contribution is 7.42. The number of nitrogens with one attached hydrogen (secondary N) is 1. The van der Waals surface area contributed by atoms with E-state index in [1.807, 2.05) is 6.92 Å². The molecule has 2 atom stereocenters. The van der Waals surface area contributed by atoms with Crippen molar-refractivity contribution in [3.8, 4) is 0 Å². The van der Waals surface area contributed by atoms with Crippen LogP contribution < -0.4 is 10.8 Å². The fourth-order valence-electron chi connectivity index (χ4n) is 2.38. The zero-order valence-electron chi connectivity index (χ0n) is 16.2. The second-order valence-electron chi connectivity index (χ2n) is 7.08. The zero-order valence-corrected chi connectivity index (χ0v) is 17.2. The molecule has 1 unspecified atom stereocenters. The first kappa shape index (κ1) is 21.3. The highest BCUT2D eigenvalue weighted by Gasteiger charge is 2.31. The first-order valence-electron chi connectivity index (χ1n) is 8.65. The predicted octanol–water partition coefficient (Wildman–Crippen LogP) is 1.57. The fraction of sp³-hybridized carbons (Fsp3) is 0.625. The summed E-state index contributed by atoms with van der Waals surface area (Å²) in [6.07, 6.45) is 2.50. The molecule has 3 N–H and O–H groups in total. The molecule has 2 heterocycles. The average Bonchev–Trinajstić information content (AvgIpc) is 2.96. The van der Waals surface area contributed by atoms with Gasteiger partial charge in [0.2, 0.25) is 0 Å². The molecular weight excluding hydrogens is 371 g/mol. The Morgan fingerprint density at radius 2 is 2.04 bits per heavy atom. The summed E-state index contributed by atoms with van der Waals surface area (Å²) in [4.78, 5) is 24.3. The molecule has 0 amide bonds. The van der Waals surface area contributed by atoms with Gasteiger partial charge >= 0.3 is 5.97 Å². The predicted molar refractivity (Wildman–Crippen MR) is 103 cm³/mol. The lowest BCUT2D eigenvalue weighted by Gasteiger charge is -2.25. The second-order valence-corrected chi connectivity index (χ2v) is 8.46. The molecular formula is C16H27N6O4P. The van der Waals surface area contributed by atoms with Crippen molar-refractivity contribution in [2.45, 2.75) is 58.9 Å². The summed E-state index contributed by atoms with van der Waals surface area (Å²) >= 11 is 0. The second kappa shape index (κ2) is 8.77. The van der Waals surface area contributed by atoms with E-state index in [0.29, 0.717) is 23.5 Å². The maximum absolute atomic E-state index is 12.3. The summed E-state index contributed by atoms with van der Waals surface area (Å²) in [5, 5.41) is 2.80. The van der Waals surface area contributed by atoms with Gasteiger partial charge in [-0.2, -0.15) is 0 Å². The smallest absolute Gasteiger partial charge is 0.326 e. The van der Waals surface area contributed by atoms with Crippen LogP contribution >= 0.6 is 7.95 Å². The third-order valence-electron chi connectivity index (χ3n) is 3.69. The van der Waals surface area contributed by atoms with Crippen LogP contribution in [0.4, 0.5) is 5.82 Å². The van der Waals surface area contributed by atoms with Crippen molar-refractivity contribution in [2.75, 3.05) is 12.1 Å². The van der Waals surface area contributed by atoms with Crippen molar-refractivity contribution in [1.29, 1.82) is 0 Å². The maximum atomic E-state index is 12.3. The Morgan fingerprint density at radius 3 is 2.70 bits per heavy atom. The standard InChI is InChI=1S/C16H27N6O4P/c1-10(2)26-15(23)16(4,5)21-27(24)9-25-11(3)6-22-8-20-12-13(17)18-7-19-14(12)22/h7-8,10-11,27H,6,9H2,1-5H3,(H,21,24)(H2,17,18,19)/t11-/m1/s1. The number of nitrogens with two attached hydrogens (primary N) is 1. The third kappa shape index (κ3) is 5.72. The van der Waals surface area contributed by atoms with E-state index in [2.05, 4.69) is 20.0 Å². The van der Waals surface area contributed by atoms with Crippen LogP contribution in [0.1, 0.15) is 34.6 Å². The van der Waals surface area contributed by atoms with Gasteiger partial charge in [-0.05, 0) is 34.6 Å². The highest BCUT2D eigenvalue weighted by atomic mass is 31.1. The van der Waals surface area contributed by atoms with Gasteiger partial charge in [0.05, 0.1) is 25.1 Å². The number of fused-ring (bicyclic) bond motifs is 1. The number of imidazole rings is 1. The number of nitrogen functional groups attached to an aromatic ring is 1. The quantitative estimate of drug-likeness (QED) is 0.476. The molecule has 0 radical (unpaired) electrons. The molecule has 0 aliphatic carbocycles. The average molecular weight is 398 g/mol. The van der Waals surface area contributed by atoms with Crippen LogP contribution in [0.2, 0.25) is 0 Å². The number of anilines is 1. The summed E-state index contributed by atoms with van der Waals surface area (Å²) in [5.41, 5.74) is 5.86. The van der Waals surface area contributed by atoms with Crippen LogP contribution in [0, 0.1) is 0 Å². The van der Waals surface area contributed by atoms with Crippen LogP contribution in [0.15, 0.2) is 12.7 Å². The molecule has 0 saturated heterocycles. The lowest BCUT2D eigenvalue weighted by atomic mass is 10.1. The Kier molecular flexibility index (Phi) is 6.91. The lowest BCUT2D eigenvalue weighted by molar-refractivity contribution is -0.153. The third-order valence-corrected chi connectivity index (χ3v) is 5.02. The Hall–Kier alpha value is -2.03. The highest BCUT2D eigenvalue weighted by Crippen LogP contribution is 2.23. The molecule has 0 aliphatic rings. The summed E-state index contributed by atoms with van der Waals surface area (Å²) in [6.45, 7) is 9.10. The molecule has 0 spiro atoms. The Balaban J connectivity index is 1.87. The molecule has 2 aromatic rings. The number of ether oxygens (including phenoxy) is 2. The van der Waals surface area contributed by atoms with Gasteiger partial charge in [-0.25, -0.2) is 15.0 Å². The van der Waals surface area contributed by atoms with E-state index in [4.69, 9.17) is 15.2 Å². The van der Waals surface area contributed by atoms with Crippen LogP contribution in [0.5, 0.6) is 0 Å². The molecule has 10 nitrogen and oxygen atoms in total. The van der Waals surface area contributed by atoms with Gasteiger partial charge in [0.15, 0.2) is 19.4 Å². The molecule has 0 aliphatic heterocycles. The number of esters is 1. The minimum absolute atomic E-state index is 0.00598. The van der Waals surface area contributed by atoms with Gasteiger partial charge in [0.1, 0.15) is 23.7 Å². The Morgan fingerprint density at radius 1 is 1.33 bits per heavy atom. The topological polar surface area (TPSA) is 134 Å². The number of carbonyl (C=O) groups is 1. The van der Waals surface area contributed by atoms with E-state index in [9.17, 15) is 9.36 Å². The fourth-order valence-corrected chi connectivity index (χ4v) is 3.68. The van der Waals surface area contributed by atoms with Gasteiger partial charge < -0.3 is 24.3 Å². The van der Waals surface area contributed by atoms with Crippen LogP contribution in [-0.4, -0.2) is 49.6 Å². The number of carbonyl (C=O) groups excluding carboxylic acids is 1. The number of aromatic nitrogens is 4. The van der Waals surface area contributed by atoms with Crippen molar-refractivity contribution in [3.63, 3.8) is 0 Å². The van der Waals surface area contributed by atoms with E-state index in [-0.39, 0.29) is 18.6 Å². The van der Waals surface area contributed by atoms with Gasteiger partial charge in [-0.15, -0.1) is 0 Å². The zero-order chi connectivity index (χ0) is 20.2. The van der Waals surface area contributed by atoms with Gasteiger partial charge in [-0.1, -0.05) is 0 Å². The largest absolute Gasteiger partial charge is 0.462 e. The van der Waals surface area contributed by atoms with Crippen LogP contribution in [-0.2, 0) is 25.4 Å². The van der Waals surface area contributed by atoms with E-state index >= 15 is 0 Å². The molecule has 0 bridgehead atoms. The molecule has 0 saturated carbocycles. The first-order valence-corrected chi connectivity index (χ1v) is 10.3. The SMILES string of the molecule is CC(C)OC(=O)C(C)(C)N[PH](=O)CO[C@H](C)Cn1cnc2c(N)ncnc21. The molecule has 2 rings (SSSR count).